The Bertz CT molecular complexity index is 629. The quantitative estimate of drug-likeness (QED) is 0.772. The second kappa shape index (κ2) is 5.02. The zero-order valence-electron chi connectivity index (χ0n) is 10.7. The molecule has 0 spiro atoms. The molecular weight excluding hydrogens is 238 g/mol. The first-order valence-corrected chi connectivity index (χ1v) is 6.22. The molecule has 2 aromatic heterocycles. The van der Waals surface area contributed by atoms with E-state index in [1.807, 2.05) is 47.3 Å². The molecule has 4 nitrogen and oxygen atoms in total. The van der Waals surface area contributed by atoms with E-state index < -0.39 is 0 Å². The van der Waals surface area contributed by atoms with Crippen LogP contribution in [0.5, 0.6) is 0 Å². The highest BCUT2D eigenvalue weighted by Crippen LogP contribution is 2.24. The smallest absolute Gasteiger partial charge is 0.0955 e. The van der Waals surface area contributed by atoms with Crippen LogP contribution in [-0.4, -0.2) is 9.78 Å². The largest absolute Gasteiger partial charge is 0.472 e. The van der Waals surface area contributed by atoms with Gasteiger partial charge in [0.15, 0.2) is 0 Å². The number of benzene rings is 1. The number of furan rings is 1. The number of para-hydroxylation sites is 2. The monoisotopic (exact) mass is 253 g/mol. The van der Waals surface area contributed by atoms with Crippen LogP contribution in [0.25, 0.3) is 5.69 Å². The van der Waals surface area contributed by atoms with Gasteiger partial charge in [0.1, 0.15) is 0 Å². The Kier molecular flexibility index (Phi) is 3.06. The predicted molar refractivity (Wildman–Crippen MR) is 74.3 cm³/mol. The summed E-state index contributed by atoms with van der Waals surface area (Å²) < 4.78 is 6.97. The maximum Gasteiger partial charge on any atom is 0.0955 e. The van der Waals surface area contributed by atoms with Crippen LogP contribution in [0.2, 0.25) is 0 Å². The zero-order chi connectivity index (χ0) is 13.1. The molecule has 0 bridgehead atoms. The van der Waals surface area contributed by atoms with Crippen molar-refractivity contribution < 1.29 is 4.42 Å². The molecular formula is C15H15N3O. The Morgan fingerprint density at radius 1 is 1.21 bits per heavy atom. The maximum absolute atomic E-state index is 5.12. The lowest BCUT2D eigenvalue weighted by atomic mass is 10.1. The summed E-state index contributed by atoms with van der Waals surface area (Å²) in [7, 11) is 0. The first-order valence-electron chi connectivity index (χ1n) is 6.22. The molecule has 3 rings (SSSR count). The lowest BCUT2D eigenvalue weighted by Crippen LogP contribution is -2.08. The minimum absolute atomic E-state index is 0.176. The van der Waals surface area contributed by atoms with Crippen molar-refractivity contribution in [3.63, 3.8) is 0 Å². The fourth-order valence-electron chi connectivity index (χ4n) is 2.04. The molecule has 96 valence electrons. The summed E-state index contributed by atoms with van der Waals surface area (Å²) in [4.78, 5) is 0. The standard InChI is InChI=1S/C15H15N3O/c1-12(13-7-10-19-11-13)17-14-5-2-3-6-15(14)18-9-4-8-16-18/h2-12,17H,1H3. The Balaban J connectivity index is 1.89. The highest BCUT2D eigenvalue weighted by Gasteiger charge is 2.10. The first-order chi connectivity index (χ1) is 9.34. The van der Waals surface area contributed by atoms with Crippen LogP contribution >= 0.6 is 0 Å². The number of hydrogen-bond donors (Lipinski definition) is 1. The van der Waals surface area contributed by atoms with Gasteiger partial charge in [0.05, 0.1) is 29.9 Å². The first kappa shape index (κ1) is 11.6. The summed E-state index contributed by atoms with van der Waals surface area (Å²) >= 11 is 0. The Labute approximate surface area is 111 Å². The van der Waals surface area contributed by atoms with Gasteiger partial charge in [0, 0.05) is 18.0 Å². The zero-order valence-corrected chi connectivity index (χ0v) is 10.7. The van der Waals surface area contributed by atoms with Gasteiger partial charge in [-0.05, 0) is 31.2 Å². The summed E-state index contributed by atoms with van der Waals surface area (Å²) in [5.74, 6) is 0. The molecule has 0 saturated heterocycles. The summed E-state index contributed by atoms with van der Waals surface area (Å²) in [6.45, 7) is 2.10. The van der Waals surface area contributed by atoms with Gasteiger partial charge in [-0.15, -0.1) is 0 Å². The van der Waals surface area contributed by atoms with E-state index in [2.05, 4.69) is 17.3 Å². The van der Waals surface area contributed by atoms with Gasteiger partial charge in [-0.3, -0.25) is 0 Å². The van der Waals surface area contributed by atoms with Crippen molar-refractivity contribution in [2.45, 2.75) is 13.0 Å². The molecule has 0 aliphatic carbocycles. The topological polar surface area (TPSA) is 43.0 Å². The van der Waals surface area contributed by atoms with Crippen molar-refractivity contribution >= 4 is 5.69 Å². The number of nitrogens with one attached hydrogen (secondary N) is 1. The van der Waals surface area contributed by atoms with Crippen molar-refractivity contribution in [2.75, 3.05) is 5.32 Å². The molecule has 1 aromatic carbocycles. The Hall–Kier alpha value is -2.49. The van der Waals surface area contributed by atoms with Crippen molar-refractivity contribution in [3.8, 4) is 5.69 Å². The average Bonchev–Trinajstić information content (AvgIpc) is 3.13. The van der Waals surface area contributed by atoms with Crippen LogP contribution < -0.4 is 5.32 Å². The summed E-state index contributed by atoms with van der Waals surface area (Å²) in [5.41, 5.74) is 3.19. The third kappa shape index (κ3) is 2.38. The number of anilines is 1. The van der Waals surface area contributed by atoms with Crippen LogP contribution in [-0.2, 0) is 0 Å². The molecule has 4 heteroatoms. The number of hydrogen-bond acceptors (Lipinski definition) is 3. The fraction of sp³-hybridized carbons (Fsp3) is 0.133. The van der Waals surface area contributed by atoms with E-state index in [1.165, 1.54) is 0 Å². The van der Waals surface area contributed by atoms with E-state index in [9.17, 15) is 0 Å². The molecule has 19 heavy (non-hydrogen) atoms. The molecule has 1 N–H and O–H groups in total. The van der Waals surface area contributed by atoms with Gasteiger partial charge >= 0.3 is 0 Å². The Morgan fingerprint density at radius 3 is 2.84 bits per heavy atom. The fourth-order valence-corrected chi connectivity index (χ4v) is 2.04. The summed E-state index contributed by atoms with van der Waals surface area (Å²) in [6, 6.07) is 12.2. The second-order valence-electron chi connectivity index (χ2n) is 4.39. The minimum atomic E-state index is 0.176. The van der Waals surface area contributed by atoms with Crippen molar-refractivity contribution in [3.05, 3.63) is 66.9 Å². The number of nitrogens with zero attached hydrogens (tertiary/aromatic N) is 2. The van der Waals surface area contributed by atoms with Crippen LogP contribution in [0.15, 0.2) is 65.7 Å². The average molecular weight is 253 g/mol. The number of aromatic nitrogens is 2. The molecule has 2 heterocycles. The van der Waals surface area contributed by atoms with Gasteiger partial charge in [-0.1, -0.05) is 12.1 Å². The number of rotatable bonds is 4. The van der Waals surface area contributed by atoms with Crippen LogP contribution in [0.1, 0.15) is 18.5 Å². The normalized spacial score (nSPS) is 12.3. The summed E-state index contributed by atoms with van der Waals surface area (Å²) in [6.07, 6.45) is 7.15. The van der Waals surface area contributed by atoms with Gasteiger partial charge in [0.25, 0.3) is 0 Å². The molecule has 1 unspecified atom stereocenters. The van der Waals surface area contributed by atoms with Gasteiger partial charge in [-0.2, -0.15) is 5.10 Å². The van der Waals surface area contributed by atoms with E-state index in [-0.39, 0.29) is 6.04 Å². The van der Waals surface area contributed by atoms with Gasteiger partial charge in [-0.25, -0.2) is 4.68 Å². The SMILES string of the molecule is CC(Nc1ccccc1-n1cccn1)c1ccoc1. The highest BCUT2D eigenvalue weighted by atomic mass is 16.3. The van der Waals surface area contributed by atoms with Crippen molar-refractivity contribution in [1.82, 2.24) is 9.78 Å². The highest BCUT2D eigenvalue weighted by molar-refractivity contribution is 5.61. The van der Waals surface area contributed by atoms with E-state index in [0.717, 1.165) is 16.9 Å². The lowest BCUT2D eigenvalue weighted by molar-refractivity contribution is 0.562. The van der Waals surface area contributed by atoms with Gasteiger partial charge in [0.2, 0.25) is 0 Å². The van der Waals surface area contributed by atoms with Crippen LogP contribution in [0.4, 0.5) is 5.69 Å². The Morgan fingerprint density at radius 2 is 2.11 bits per heavy atom. The second-order valence-corrected chi connectivity index (χ2v) is 4.39. The molecule has 3 aromatic rings. The molecule has 0 amide bonds. The molecule has 0 aliphatic heterocycles. The molecule has 0 radical (unpaired) electrons. The molecule has 0 saturated carbocycles. The third-order valence-electron chi connectivity index (χ3n) is 3.07. The third-order valence-corrected chi connectivity index (χ3v) is 3.07. The lowest BCUT2D eigenvalue weighted by Gasteiger charge is -2.16. The molecule has 1 atom stereocenters. The van der Waals surface area contributed by atoms with Crippen LogP contribution in [0.3, 0.4) is 0 Å². The summed E-state index contributed by atoms with van der Waals surface area (Å²) in [5, 5.41) is 7.76. The van der Waals surface area contributed by atoms with Gasteiger partial charge < -0.3 is 9.73 Å². The predicted octanol–water partition coefficient (Wildman–Crippen LogP) is 3.64. The molecule has 0 aliphatic rings. The minimum Gasteiger partial charge on any atom is -0.472 e. The van der Waals surface area contributed by atoms with Crippen molar-refractivity contribution in [1.29, 1.82) is 0 Å². The van der Waals surface area contributed by atoms with Crippen LogP contribution in [0, 0.1) is 0 Å². The van der Waals surface area contributed by atoms with E-state index in [1.54, 1.807) is 18.7 Å². The molecule has 0 fully saturated rings. The van der Waals surface area contributed by atoms with E-state index in [4.69, 9.17) is 4.42 Å². The van der Waals surface area contributed by atoms with E-state index in [0.29, 0.717) is 0 Å². The van der Waals surface area contributed by atoms with E-state index >= 15 is 0 Å². The maximum atomic E-state index is 5.12. The van der Waals surface area contributed by atoms with Crippen molar-refractivity contribution in [2.24, 2.45) is 0 Å².